The van der Waals surface area contributed by atoms with Gasteiger partial charge in [-0.15, -0.1) is 0 Å². The zero-order valence-corrected chi connectivity index (χ0v) is 10.6. The molecule has 1 rings (SSSR count). The van der Waals surface area contributed by atoms with Crippen LogP contribution in [0.4, 0.5) is 4.39 Å². The van der Waals surface area contributed by atoms with Crippen molar-refractivity contribution in [3.05, 3.63) is 29.0 Å². The van der Waals surface area contributed by atoms with Gasteiger partial charge in [-0.1, -0.05) is 11.6 Å². The van der Waals surface area contributed by atoms with Gasteiger partial charge in [0, 0.05) is 19.7 Å². The maximum absolute atomic E-state index is 12.9. The maximum Gasteiger partial charge on any atom is 0.260 e. The van der Waals surface area contributed by atoms with Crippen molar-refractivity contribution in [3.8, 4) is 11.8 Å². The number of benzene rings is 1. The number of carbonyl (C=O) groups is 1. The molecule has 18 heavy (non-hydrogen) atoms. The largest absolute Gasteiger partial charge is 0.484 e. The number of hydrogen-bond donors (Lipinski definition) is 0. The van der Waals surface area contributed by atoms with E-state index < -0.39 is 5.82 Å². The Morgan fingerprint density at radius 2 is 2.33 bits per heavy atom. The number of amides is 1. The highest BCUT2D eigenvalue weighted by Gasteiger charge is 2.09. The van der Waals surface area contributed by atoms with Crippen LogP contribution in [-0.4, -0.2) is 31.0 Å². The van der Waals surface area contributed by atoms with E-state index in [1.165, 1.54) is 23.1 Å². The number of nitriles is 1. The molecular weight excluding hydrogens is 259 g/mol. The van der Waals surface area contributed by atoms with Crippen molar-refractivity contribution in [1.82, 2.24) is 4.90 Å². The summed E-state index contributed by atoms with van der Waals surface area (Å²) in [5, 5.41) is 8.33. The van der Waals surface area contributed by atoms with Crippen molar-refractivity contribution < 1.29 is 13.9 Å². The third-order valence-corrected chi connectivity index (χ3v) is 2.53. The van der Waals surface area contributed by atoms with Gasteiger partial charge in [0.1, 0.15) is 11.6 Å². The van der Waals surface area contributed by atoms with Crippen LogP contribution in [0.15, 0.2) is 18.2 Å². The number of ether oxygens (including phenoxy) is 1. The Bertz CT molecular complexity index is 474. The van der Waals surface area contributed by atoms with Crippen molar-refractivity contribution in [2.45, 2.75) is 6.42 Å². The molecule has 0 N–H and O–H groups in total. The molecule has 4 nitrogen and oxygen atoms in total. The molecule has 96 valence electrons. The van der Waals surface area contributed by atoms with Gasteiger partial charge in [0.05, 0.1) is 17.5 Å². The zero-order valence-electron chi connectivity index (χ0n) is 9.82. The lowest BCUT2D eigenvalue weighted by molar-refractivity contribution is -0.131. The predicted octanol–water partition coefficient (Wildman–Crippen LogP) is 2.23. The zero-order chi connectivity index (χ0) is 13.5. The summed E-state index contributed by atoms with van der Waals surface area (Å²) in [7, 11) is 1.58. The molecule has 0 bridgehead atoms. The molecule has 0 atom stereocenters. The molecule has 0 spiro atoms. The van der Waals surface area contributed by atoms with Crippen LogP contribution in [0.1, 0.15) is 6.42 Å². The average Bonchev–Trinajstić information content (AvgIpc) is 2.36. The fourth-order valence-corrected chi connectivity index (χ4v) is 1.33. The summed E-state index contributed by atoms with van der Waals surface area (Å²) in [6.07, 6.45) is 0.268. The van der Waals surface area contributed by atoms with Crippen molar-refractivity contribution in [1.29, 1.82) is 5.26 Å². The van der Waals surface area contributed by atoms with Gasteiger partial charge in [-0.3, -0.25) is 4.79 Å². The lowest BCUT2D eigenvalue weighted by Crippen LogP contribution is -2.32. The van der Waals surface area contributed by atoms with Crippen LogP contribution in [0.3, 0.4) is 0 Å². The molecule has 1 aromatic carbocycles. The second kappa shape index (κ2) is 6.82. The lowest BCUT2D eigenvalue weighted by atomic mass is 10.3. The summed E-state index contributed by atoms with van der Waals surface area (Å²) in [6, 6.07) is 5.81. The normalized spacial score (nSPS) is 9.67. The fourth-order valence-electron chi connectivity index (χ4n) is 1.16. The number of rotatable bonds is 5. The van der Waals surface area contributed by atoms with Crippen molar-refractivity contribution in [2.24, 2.45) is 0 Å². The smallest absolute Gasteiger partial charge is 0.260 e. The highest BCUT2D eigenvalue weighted by molar-refractivity contribution is 6.30. The second-order valence-corrected chi connectivity index (χ2v) is 4.00. The van der Waals surface area contributed by atoms with Gasteiger partial charge in [0.25, 0.3) is 5.91 Å². The first-order chi connectivity index (χ1) is 8.54. The molecular formula is C12H12ClFN2O2. The van der Waals surface area contributed by atoms with Crippen LogP contribution < -0.4 is 4.74 Å². The van der Waals surface area contributed by atoms with Crippen LogP contribution in [0.5, 0.6) is 5.75 Å². The Morgan fingerprint density at radius 1 is 1.61 bits per heavy atom. The Labute approximate surface area is 110 Å². The molecule has 0 heterocycles. The Hall–Kier alpha value is -1.80. The molecule has 0 aliphatic heterocycles. The van der Waals surface area contributed by atoms with Crippen LogP contribution >= 0.6 is 11.6 Å². The first-order valence-electron chi connectivity index (χ1n) is 5.23. The van der Waals surface area contributed by atoms with Crippen LogP contribution in [0, 0.1) is 17.1 Å². The highest BCUT2D eigenvalue weighted by Crippen LogP contribution is 2.20. The van der Waals surface area contributed by atoms with E-state index in [-0.39, 0.29) is 24.0 Å². The molecule has 0 saturated heterocycles. The van der Waals surface area contributed by atoms with E-state index in [1.54, 1.807) is 7.05 Å². The molecule has 0 saturated carbocycles. The molecule has 1 amide bonds. The summed E-state index contributed by atoms with van der Waals surface area (Å²) in [5.41, 5.74) is 0. The summed E-state index contributed by atoms with van der Waals surface area (Å²) in [5.74, 6) is -0.476. The molecule has 0 unspecified atom stereocenters. The van der Waals surface area contributed by atoms with Crippen molar-refractivity contribution in [2.75, 3.05) is 20.2 Å². The summed E-state index contributed by atoms with van der Waals surface area (Å²) in [4.78, 5) is 13.0. The average molecular weight is 271 g/mol. The molecule has 6 heteroatoms. The lowest BCUT2D eigenvalue weighted by Gasteiger charge is -2.15. The molecule has 0 fully saturated rings. The van der Waals surface area contributed by atoms with E-state index in [9.17, 15) is 9.18 Å². The summed E-state index contributed by atoms with van der Waals surface area (Å²) in [6.45, 7) is 0.173. The molecule has 0 aliphatic rings. The predicted molar refractivity (Wildman–Crippen MR) is 64.8 cm³/mol. The fraction of sp³-hybridized carbons (Fsp3) is 0.333. The third-order valence-electron chi connectivity index (χ3n) is 2.24. The Morgan fingerprint density at radius 3 is 2.94 bits per heavy atom. The maximum atomic E-state index is 12.9. The van der Waals surface area contributed by atoms with Gasteiger partial charge < -0.3 is 9.64 Å². The number of nitrogens with zero attached hydrogens (tertiary/aromatic N) is 2. The number of halogens is 2. The van der Waals surface area contributed by atoms with Crippen molar-refractivity contribution in [3.63, 3.8) is 0 Å². The first-order valence-corrected chi connectivity index (χ1v) is 5.61. The van der Waals surface area contributed by atoms with Crippen LogP contribution in [0.25, 0.3) is 0 Å². The van der Waals surface area contributed by atoms with E-state index in [4.69, 9.17) is 21.6 Å². The standard InChI is InChI=1S/C12H12ClFN2O2/c1-16(6-2-5-15)12(17)8-18-9-3-4-11(14)10(13)7-9/h3-4,7H,2,6,8H2,1H3. The van der Waals surface area contributed by atoms with Crippen molar-refractivity contribution >= 4 is 17.5 Å². The number of hydrogen-bond acceptors (Lipinski definition) is 3. The van der Waals surface area contributed by atoms with Gasteiger partial charge in [0.2, 0.25) is 0 Å². The van der Waals surface area contributed by atoms with Gasteiger partial charge in [-0.2, -0.15) is 5.26 Å². The monoisotopic (exact) mass is 270 g/mol. The second-order valence-electron chi connectivity index (χ2n) is 3.59. The summed E-state index contributed by atoms with van der Waals surface area (Å²) >= 11 is 5.57. The minimum Gasteiger partial charge on any atom is -0.484 e. The topological polar surface area (TPSA) is 53.3 Å². The molecule has 0 aliphatic carbocycles. The number of likely N-dealkylation sites (N-methyl/N-ethyl adjacent to an activating group) is 1. The molecule has 0 radical (unpaired) electrons. The number of carbonyl (C=O) groups excluding carboxylic acids is 1. The van der Waals surface area contributed by atoms with E-state index in [1.807, 2.05) is 6.07 Å². The van der Waals surface area contributed by atoms with E-state index in [0.717, 1.165) is 0 Å². The van der Waals surface area contributed by atoms with E-state index in [2.05, 4.69) is 0 Å². The Balaban J connectivity index is 2.47. The minimum absolute atomic E-state index is 0.0576. The Kier molecular flexibility index (Phi) is 5.40. The quantitative estimate of drug-likeness (QED) is 0.824. The molecule has 1 aromatic rings. The van der Waals surface area contributed by atoms with E-state index in [0.29, 0.717) is 12.3 Å². The van der Waals surface area contributed by atoms with Gasteiger partial charge in [0.15, 0.2) is 6.61 Å². The van der Waals surface area contributed by atoms with Gasteiger partial charge in [-0.25, -0.2) is 4.39 Å². The molecule has 0 aromatic heterocycles. The highest BCUT2D eigenvalue weighted by atomic mass is 35.5. The van der Waals surface area contributed by atoms with Crippen LogP contribution in [-0.2, 0) is 4.79 Å². The third kappa shape index (κ3) is 4.22. The van der Waals surface area contributed by atoms with Crippen LogP contribution in [0.2, 0.25) is 5.02 Å². The first kappa shape index (κ1) is 14.3. The summed E-state index contributed by atoms with van der Waals surface area (Å²) < 4.78 is 18.1. The SMILES string of the molecule is CN(CCC#N)C(=O)COc1ccc(F)c(Cl)c1. The van der Waals surface area contributed by atoms with Gasteiger partial charge in [-0.05, 0) is 12.1 Å². The van der Waals surface area contributed by atoms with E-state index >= 15 is 0 Å². The minimum atomic E-state index is -0.540. The van der Waals surface area contributed by atoms with Gasteiger partial charge >= 0.3 is 0 Å².